The highest BCUT2D eigenvalue weighted by Gasteiger charge is 2.37. The lowest BCUT2D eigenvalue weighted by atomic mass is 10.3. The number of nitrogens with zero attached hydrogens (tertiary/aromatic N) is 4. The second kappa shape index (κ2) is 6.53. The molecule has 26 heavy (non-hydrogen) atoms. The second-order valence-corrected chi connectivity index (χ2v) is 8.37. The molecule has 0 radical (unpaired) electrons. The largest absolute Gasteiger partial charge is 0.487 e. The van der Waals surface area contributed by atoms with Gasteiger partial charge in [-0.2, -0.15) is 4.31 Å². The van der Waals surface area contributed by atoms with Gasteiger partial charge in [-0.1, -0.05) is 17.7 Å². The van der Waals surface area contributed by atoms with Crippen LogP contribution >= 0.6 is 11.6 Å². The van der Waals surface area contributed by atoms with Gasteiger partial charge in [0.15, 0.2) is 10.2 Å². The van der Waals surface area contributed by atoms with Crippen molar-refractivity contribution in [1.29, 1.82) is 0 Å². The summed E-state index contributed by atoms with van der Waals surface area (Å²) in [6, 6.07) is 8.93. The second-order valence-electron chi connectivity index (χ2n) is 6.16. The third-order valence-corrected chi connectivity index (χ3v) is 6.59. The fourth-order valence-corrected chi connectivity index (χ4v) is 5.11. The normalized spacial score (nSPS) is 18.5. The monoisotopic (exact) mass is 392 g/mol. The van der Waals surface area contributed by atoms with Gasteiger partial charge in [0.05, 0.1) is 12.7 Å². The van der Waals surface area contributed by atoms with Gasteiger partial charge in [-0.15, -0.1) is 0 Å². The van der Waals surface area contributed by atoms with Gasteiger partial charge < -0.3 is 4.74 Å². The third-order valence-electron chi connectivity index (χ3n) is 4.33. The molecule has 0 aliphatic carbocycles. The van der Waals surface area contributed by atoms with Gasteiger partial charge in [-0.05, 0) is 37.6 Å². The summed E-state index contributed by atoms with van der Waals surface area (Å²) in [5.74, 6) is 0.632. The zero-order valence-corrected chi connectivity index (χ0v) is 15.6. The first-order valence-corrected chi connectivity index (χ1v) is 9.99. The molecule has 0 saturated carbocycles. The molecule has 0 aromatic carbocycles. The van der Waals surface area contributed by atoms with Crippen LogP contribution in [0.15, 0.2) is 47.8 Å². The molecule has 1 aliphatic heterocycles. The van der Waals surface area contributed by atoms with E-state index in [0.29, 0.717) is 24.4 Å². The number of aromatic nitrogens is 3. The maximum absolute atomic E-state index is 13.1. The summed E-state index contributed by atoms with van der Waals surface area (Å²) in [4.78, 5) is 8.32. The molecule has 136 valence electrons. The molecule has 0 amide bonds. The van der Waals surface area contributed by atoms with Crippen molar-refractivity contribution in [2.24, 2.45) is 0 Å². The Morgan fingerprint density at radius 3 is 2.88 bits per heavy atom. The molecule has 4 heterocycles. The molecule has 1 fully saturated rings. The number of hydrogen-bond donors (Lipinski definition) is 0. The van der Waals surface area contributed by atoms with Gasteiger partial charge in [0.1, 0.15) is 17.5 Å². The highest BCUT2D eigenvalue weighted by molar-refractivity contribution is 7.89. The molecular weight excluding hydrogens is 376 g/mol. The van der Waals surface area contributed by atoms with E-state index in [2.05, 4.69) is 9.97 Å². The van der Waals surface area contributed by atoms with Gasteiger partial charge >= 0.3 is 0 Å². The average molecular weight is 393 g/mol. The van der Waals surface area contributed by atoms with Crippen LogP contribution in [0.4, 0.5) is 0 Å². The Kier molecular flexibility index (Phi) is 4.34. The van der Waals surface area contributed by atoms with Gasteiger partial charge in [0.2, 0.25) is 0 Å². The van der Waals surface area contributed by atoms with E-state index in [1.54, 1.807) is 30.6 Å². The Hall–Kier alpha value is -2.16. The Balaban J connectivity index is 1.57. The summed E-state index contributed by atoms with van der Waals surface area (Å²) >= 11 is 6.13. The van der Waals surface area contributed by atoms with Crippen molar-refractivity contribution in [3.8, 4) is 5.75 Å². The summed E-state index contributed by atoms with van der Waals surface area (Å²) in [5, 5.41) is -0.0317. The highest BCUT2D eigenvalue weighted by atomic mass is 35.5. The lowest BCUT2D eigenvalue weighted by Gasteiger charge is -2.17. The molecule has 3 aromatic rings. The minimum absolute atomic E-state index is 0.00702. The summed E-state index contributed by atoms with van der Waals surface area (Å²) in [7, 11) is -3.78. The van der Waals surface area contributed by atoms with Crippen LogP contribution in [0, 0.1) is 6.92 Å². The summed E-state index contributed by atoms with van der Waals surface area (Å²) in [6.45, 7) is 2.52. The van der Waals surface area contributed by atoms with Crippen molar-refractivity contribution in [1.82, 2.24) is 18.7 Å². The van der Waals surface area contributed by atoms with Crippen molar-refractivity contribution in [3.05, 3.63) is 53.6 Å². The van der Waals surface area contributed by atoms with Crippen molar-refractivity contribution < 1.29 is 13.2 Å². The first-order valence-electron chi connectivity index (χ1n) is 8.17. The van der Waals surface area contributed by atoms with E-state index >= 15 is 0 Å². The number of halogens is 1. The van der Waals surface area contributed by atoms with Crippen LogP contribution in [-0.2, 0) is 10.0 Å². The molecule has 1 saturated heterocycles. The summed E-state index contributed by atoms with van der Waals surface area (Å²) in [5.41, 5.74) is 1.39. The standard InChI is InChI=1S/C17H17ClN4O3S/c1-12-5-6-13(10-19-12)25-14-7-9-21(11-14)26(23,24)17-16(18)20-15-4-2-3-8-22(15)17/h2-6,8,10,14H,7,9,11H2,1H3. The molecule has 4 rings (SSSR count). The SMILES string of the molecule is Cc1ccc(OC2CCN(S(=O)(=O)c3c(Cl)nc4ccccn34)C2)cn1. The predicted octanol–water partition coefficient (Wildman–Crippen LogP) is 2.53. The topological polar surface area (TPSA) is 76.8 Å². The quantitative estimate of drug-likeness (QED) is 0.681. The molecule has 1 atom stereocenters. The molecule has 3 aromatic heterocycles. The van der Waals surface area contributed by atoms with E-state index in [0.717, 1.165) is 5.69 Å². The van der Waals surface area contributed by atoms with Gasteiger partial charge in [-0.25, -0.2) is 13.4 Å². The first-order chi connectivity index (χ1) is 12.4. The number of imidazole rings is 1. The van der Waals surface area contributed by atoms with Gasteiger partial charge in [0.25, 0.3) is 10.0 Å². The van der Waals surface area contributed by atoms with Crippen LogP contribution < -0.4 is 4.74 Å². The summed E-state index contributed by atoms with van der Waals surface area (Å²) < 4.78 is 34.9. The maximum atomic E-state index is 13.1. The van der Waals surface area contributed by atoms with E-state index in [9.17, 15) is 8.42 Å². The molecule has 1 unspecified atom stereocenters. The molecule has 0 N–H and O–H groups in total. The number of sulfonamides is 1. The number of rotatable bonds is 4. The minimum Gasteiger partial charge on any atom is -0.487 e. The number of fused-ring (bicyclic) bond motifs is 1. The van der Waals surface area contributed by atoms with Gasteiger partial charge in [-0.3, -0.25) is 9.38 Å². The van der Waals surface area contributed by atoms with Crippen LogP contribution in [-0.4, -0.2) is 46.3 Å². The van der Waals surface area contributed by atoms with E-state index < -0.39 is 10.0 Å². The molecule has 0 spiro atoms. The smallest absolute Gasteiger partial charge is 0.262 e. The van der Waals surface area contributed by atoms with Crippen LogP contribution in [0.5, 0.6) is 5.75 Å². The van der Waals surface area contributed by atoms with Crippen molar-refractivity contribution in [2.45, 2.75) is 24.5 Å². The van der Waals surface area contributed by atoms with Crippen LogP contribution in [0.3, 0.4) is 0 Å². The molecule has 9 heteroatoms. The zero-order valence-electron chi connectivity index (χ0n) is 14.0. The van der Waals surface area contributed by atoms with Crippen LogP contribution in [0.25, 0.3) is 5.65 Å². The van der Waals surface area contributed by atoms with E-state index in [-0.39, 0.29) is 22.8 Å². The van der Waals surface area contributed by atoms with Crippen LogP contribution in [0.1, 0.15) is 12.1 Å². The Bertz CT molecular complexity index is 1050. The number of pyridine rings is 2. The number of hydrogen-bond acceptors (Lipinski definition) is 5. The fourth-order valence-electron chi connectivity index (χ4n) is 3.03. The average Bonchev–Trinajstić information content (AvgIpc) is 3.21. The molecule has 0 bridgehead atoms. The first kappa shape index (κ1) is 17.3. The molecule has 7 nitrogen and oxygen atoms in total. The molecular formula is C17H17ClN4O3S. The maximum Gasteiger partial charge on any atom is 0.262 e. The van der Waals surface area contributed by atoms with Crippen molar-refractivity contribution in [3.63, 3.8) is 0 Å². The van der Waals surface area contributed by atoms with Gasteiger partial charge in [0, 0.05) is 18.4 Å². The van der Waals surface area contributed by atoms with Crippen molar-refractivity contribution in [2.75, 3.05) is 13.1 Å². The lowest BCUT2D eigenvalue weighted by Crippen LogP contribution is -2.32. The number of aryl methyl sites for hydroxylation is 1. The molecule has 1 aliphatic rings. The zero-order chi connectivity index (χ0) is 18.3. The minimum atomic E-state index is -3.78. The Morgan fingerprint density at radius 1 is 1.27 bits per heavy atom. The fraction of sp³-hybridized carbons (Fsp3) is 0.294. The van der Waals surface area contributed by atoms with E-state index in [1.807, 2.05) is 19.1 Å². The summed E-state index contributed by atoms with van der Waals surface area (Å²) in [6.07, 6.45) is 3.66. The lowest BCUT2D eigenvalue weighted by molar-refractivity contribution is 0.214. The predicted molar refractivity (Wildman–Crippen MR) is 97.0 cm³/mol. The van der Waals surface area contributed by atoms with E-state index in [4.69, 9.17) is 16.3 Å². The third kappa shape index (κ3) is 3.04. The van der Waals surface area contributed by atoms with Crippen molar-refractivity contribution >= 4 is 27.3 Å². The Morgan fingerprint density at radius 2 is 2.12 bits per heavy atom. The van der Waals surface area contributed by atoms with E-state index in [1.165, 1.54) is 8.71 Å². The number of ether oxygens (including phenoxy) is 1. The Labute approximate surface area is 156 Å². The highest BCUT2D eigenvalue weighted by Crippen LogP contribution is 2.29. The van der Waals surface area contributed by atoms with Crippen LogP contribution in [0.2, 0.25) is 5.15 Å².